The highest BCUT2D eigenvalue weighted by Crippen LogP contribution is 2.41. The second-order valence-electron chi connectivity index (χ2n) is 6.46. The lowest BCUT2D eigenvalue weighted by Gasteiger charge is -2.43. The number of ether oxygens (including phenoxy) is 1. The fraction of sp³-hybridized carbons (Fsp3) is 0.263. The van der Waals surface area contributed by atoms with Gasteiger partial charge in [-0.25, -0.2) is 4.79 Å². The maximum atomic E-state index is 13.1. The zero-order valence-electron chi connectivity index (χ0n) is 15.1. The van der Waals surface area contributed by atoms with E-state index in [1.807, 2.05) is 0 Å². The van der Waals surface area contributed by atoms with Crippen LogP contribution >= 0.6 is 15.9 Å². The van der Waals surface area contributed by atoms with Gasteiger partial charge in [0.05, 0.1) is 18.5 Å². The summed E-state index contributed by atoms with van der Waals surface area (Å²) in [5.41, 5.74) is -1.29. The Morgan fingerprint density at radius 3 is 2.70 bits per heavy atom. The van der Waals surface area contributed by atoms with E-state index in [1.165, 1.54) is 7.11 Å². The third kappa shape index (κ3) is 3.38. The summed E-state index contributed by atoms with van der Waals surface area (Å²) >= 11 is 3.36. The molecule has 1 heterocycles. The van der Waals surface area contributed by atoms with E-state index in [0.29, 0.717) is 21.6 Å². The molecule has 1 aliphatic rings. The van der Waals surface area contributed by atoms with Crippen molar-refractivity contribution in [1.82, 2.24) is 5.32 Å². The lowest BCUT2D eigenvalue weighted by Crippen LogP contribution is -2.63. The summed E-state index contributed by atoms with van der Waals surface area (Å²) in [7, 11) is 1.50. The van der Waals surface area contributed by atoms with Crippen molar-refractivity contribution in [2.45, 2.75) is 25.6 Å². The molecule has 0 fully saturated rings. The van der Waals surface area contributed by atoms with Crippen LogP contribution in [0.1, 0.15) is 19.4 Å². The fourth-order valence-corrected chi connectivity index (χ4v) is 3.35. The number of amides is 3. The first-order valence-corrected chi connectivity index (χ1v) is 9.15. The van der Waals surface area contributed by atoms with Crippen molar-refractivity contribution in [2.24, 2.45) is 0 Å². The summed E-state index contributed by atoms with van der Waals surface area (Å²) < 4.78 is 5.88. The lowest BCUT2D eigenvalue weighted by atomic mass is 9.94. The Morgan fingerprint density at radius 1 is 1.30 bits per heavy atom. The number of nitrogens with one attached hydrogen (secondary N) is 2. The van der Waals surface area contributed by atoms with E-state index >= 15 is 0 Å². The van der Waals surface area contributed by atoms with Gasteiger partial charge >= 0.3 is 6.03 Å². The van der Waals surface area contributed by atoms with Crippen molar-refractivity contribution in [2.75, 3.05) is 17.3 Å². The number of rotatable bonds is 4. The molecule has 142 valence electrons. The number of aliphatic hydroxyl groups is 1. The van der Waals surface area contributed by atoms with Crippen LogP contribution in [0, 0.1) is 0 Å². The summed E-state index contributed by atoms with van der Waals surface area (Å²) in [6.07, 6.45) is 0. The number of urea groups is 1. The van der Waals surface area contributed by atoms with Crippen LogP contribution in [0.4, 0.5) is 16.2 Å². The third-order valence-electron chi connectivity index (χ3n) is 4.17. The number of hydrogen-bond donors (Lipinski definition) is 3. The summed E-state index contributed by atoms with van der Waals surface area (Å²) in [6.45, 7) is 3.56. The van der Waals surface area contributed by atoms with Crippen molar-refractivity contribution in [3.63, 3.8) is 0 Å². The Hall–Kier alpha value is -2.58. The van der Waals surface area contributed by atoms with Crippen LogP contribution in [0.3, 0.4) is 0 Å². The number of carbonyl (C=O) groups excluding carboxylic acids is 2. The Balaban J connectivity index is 2.23. The van der Waals surface area contributed by atoms with Gasteiger partial charge in [0.25, 0.3) is 11.6 Å². The van der Waals surface area contributed by atoms with Gasteiger partial charge in [0, 0.05) is 22.1 Å². The van der Waals surface area contributed by atoms with Gasteiger partial charge in [-0.2, -0.15) is 0 Å². The Kier molecular flexibility index (Phi) is 5.12. The van der Waals surface area contributed by atoms with Gasteiger partial charge in [-0.05, 0) is 44.2 Å². The van der Waals surface area contributed by atoms with E-state index in [0.717, 1.165) is 4.90 Å². The highest BCUT2D eigenvalue weighted by molar-refractivity contribution is 9.10. The number of nitrogens with zero attached hydrogens (tertiary/aromatic N) is 1. The minimum Gasteiger partial charge on any atom is -0.497 e. The number of carbonyl (C=O) groups is 2. The van der Waals surface area contributed by atoms with Crippen molar-refractivity contribution in [3.8, 4) is 5.75 Å². The highest BCUT2D eigenvalue weighted by atomic mass is 79.9. The van der Waals surface area contributed by atoms with Crippen molar-refractivity contribution < 1.29 is 19.4 Å². The Morgan fingerprint density at radius 2 is 2.04 bits per heavy atom. The molecule has 0 radical (unpaired) electrons. The first kappa shape index (κ1) is 19.2. The van der Waals surface area contributed by atoms with Crippen molar-refractivity contribution in [3.05, 3.63) is 52.5 Å². The monoisotopic (exact) mass is 433 g/mol. The van der Waals surface area contributed by atoms with E-state index in [1.54, 1.807) is 56.3 Å². The molecular formula is C19H20BrN3O4. The predicted octanol–water partition coefficient (Wildman–Crippen LogP) is 3.18. The molecule has 1 unspecified atom stereocenters. The number of hydrogen-bond acceptors (Lipinski definition) is 4. The molecule has 8 heteroatoms. The molecule has 0 saturated heterocycles. The second-order valence-corrected chi connectivity index (χ2v) is 7.37. The van der Waals surface area contributed by atoms with Crippen LogP contribution < -0.4 is 20.3 Å². The minimum absolute atomic E-state index is 0.228. The van der Waals surface area contributed by atoms with E-state index in [4.69, 9.17) is 4.74 Å². The van der Waals surface area contributed by atoms with E-state index in [-0.39, 0.29) is 11.6 Å². The van der Waals surface area contributed by atoms with E-state index in [2.05, 4.69) is 26.6 Å². The average molecular weight is 434 g/mol. The molecule has 2 aromatic rings. The SMILES string of the molecule is COc1cccc(N2C(=O)Nc3ccc(Br)cc3C2(O)C(=O)NC(C)C)c1. The summed E-state index contributed by atoms with van der Waals surface area (Å²) in [5, 5.41) is 17.0. The van der Waals surface area contributed by atoms with Gasteiger partial charge < -0.3 is 20.5 Å². The van der Waals surface area contributed by atoms with Crippen LogP contribution in [0.15, 0.2) is 46.9 Å². The molecule has 3 rings (SSSR count). The predicted molar refractivity (Wildman–Crippen MR) is 106 cm³/mol. The smallest absolute Gasteiger partial charge is 0.329 e. The quantitative estimate of drug-likeness (QED) is 0.690. The second kappa shape index (κ2) is 7.21. The number of anilines is 2. The molecule has 0 bridgehead atoms. The molecule has 0 spiro atoms. The highest BCUT2D eigenvalue weighted by Gasteiger charge is 2.52. The summed E-state index contributed by atoms with van der Waals surface area (Å²) in [4.78, 5) is 27.0. The molecule has 7 nitrogen and oxygen atoms in total. The molecule has 3 amide bonds. The van der Waals surface area contributed by atoms with Gasteiger partial charge in [-0.3, -0.25) is 9.69 Å². The molecule has 1 atom stereocenters. The topological polar surface area (TPSA) is 90.9 Å². The number of halogens is 1. The van der Waals surface area contributed by atoms with Gasteiger partial charge in [0.15, 0.2) is 0 Å². The van der Waals surface area contributed by atoms with Gasteiger partial charge in [-0.1, -0.05) is 22.0 Å². The van der Waals surface area contributed by atoms with Crippen LogP contribution in [-0.4, -0.2) is 30.2 Å². The maximum Gasteiger partial charge on any atom is 0.329 e. The number of fused-ring (bicyclic) bond motifs is 1. The molecule has 0 aromatic heterocycles. The van der Waals surface area contributed by atoms with Crippen LogP contribution in [-0.2, 0) is 10.5 Å². The zero-order valence-corrected chi connectivity index (χ0v) is 16.7. The zero-order chi connectivity index (χ0) is 19.8. The number of benzene rings is 2. The van der Waals surface area contributed by atoms with Gasteiger partial charge in [0.2, 0.25) is 0 Å². The lowest BCUT2D eigenvalue weighted by molar-refractivity contribution is -0.140. The summed E-state index contributed by atoms with van der Waals surface area (Å²) in [6, 6.07) is 10.7. The standard InChI is InChI=1S/C19H20BrN3O4/c1-11(2)21-17(24)19(26)15-9-12(20)7-8-16(15)22-18(25)23(19)13-5-4-6-14(10-13)27-3/h4-11,26H,1-3H3,(H,21,24)(H,22,25). The maximum absolute atomic E-state index is 13.1. The Bertz CT molecular complexity index is 902. The molecule has 0 aliphatic carbocycles. The van der Waals surface area contributed by atoms with E-state index < -0.39 is 17.7 Å². The van der Waals surface area contributed by atoms with Crippen LogP contribution in [0.25, 0.3) is 0 Å². The van der Waals surface area contributed by atoms with Crippen LogP contribution in [0.5, 0.6) is 5.75 Å². The van der Waals surface area contributed by atoms with Crippen molar-refractivity contribution in [1.29, 1.82) is 0 Å². The number of methoxy groups -OCH3 is 1. The van der Waals surface area contributed by atoms with Crippen molar-refractivity contribution >= 4 is 39.2 Å². The first-order chi connectivity index (χ1) is 12.8. The molecule has 2 aromatic carbocycles. The van der Waals surface area contributed by atoms with Crippen LogP contribution in [0.2, 0.25) is 0 Å². The van der Waals surface area contributed by atoms with Gasteiger partial charge in [-0.15, -0.1) is 0 Å². The molecule has 0 saturated carbocycles. The molecular weight excluding hydrogens is 414 g/mol. The van der Waals surface area contributed by atoms with E-state index in [9.17, 15) is 14.7 Å². The molecule has 3 N–H and O–H groups in total. The first-order valence-electron chi connectivity index (χ1n) is 8.36. The molecule has 27 heavy (non-hydrogen) atoms. The fourth-order valence-electron chi connectivity index (χ4n) is 2.99. The van der Waals surface area contributed by atoms with Gasteiger partial charge in [0.1, 0.15) is 5.75 Å². The Labute approximate surface area is 165 Å². The largest absolute Gasteiger partial charge is 0.497 e. The summed E-state index contributed by atoms with van der Waals surface area (Å²) in [5.74, 6) is -0.207. The average Bonchev–Trinajstić information content (AvgIpc) is 2.62. The third-order valence-corrected chi connectivity index (χ3v) is 4.67. The molecule has 1 aliphatic heterocycles. The minimum atomic E-state index is -2.24. The normalized spacial score (nSPS) is 18.7.